The second kappa shape index (κ2) is 24.5. The SMILES string of the molecule is CCCCCCCCCCCC/C=C/CC/C=C/C(O)C(CO)NC(=O)CCCCCC. The molecule has 0 aliphatic carbocycles. The van der Waals surface area contributed by atoms with Crippen LogP contribution in [0.15, 0.2) is 24.3 Å². The Hall–Kier alpha value is -1.13. The predicted octanol–water partition coefficient (Wildman–Crippen LogP) is 7.00. The van der Waals surface area contributed by atoms with E-state index in [0.717, 1.165) is 44.9 Å². The minimum atomic E-state index is -0.852. The molecule has 0 spiro atoms. The van der Waals surface area contributed by atoms with Crippen molar-refractivity contribution in [3.05, 3.63) is 24.3 Å². The van der Waals surface area contributed by atoms with E-state index in [1.165, 1.54) is 64.2 Å². The number of rotatable bonds is 23. The van der Waals surface area contributed by atoms with E-state index >= 15 is 0 Å². The fourth-order valence-electron chi connectivity index (χ4n) is 3.78. The van der Waals surface area contributed by atoms with Crippen LogP contribution in [0.2, 0.25) is 0 Å². The van der Waals surface area contributed by atoms with Gasteiger partial charge in [0.25, 0.3) is 0 Å². The van der Waals surface area contributed by atoms with Crippen molar-refractivity contribution in [2.24, 2.45) is 0 Å². The number of hydrogen-bond donors (Lipinski definition) is 3. The van der Waals surface area contributed by atoms with Crippen LogP contribution in [0, 0.1) is 0 Å². The Bertz CT molecular complexity index is 462. The summed E-state index contributed by atoms with van der Waals surface area (Å²) in [4.78, 5) is 11.9. The van der Waals surface area contributed by atoms with Crippen molar-refractivity contribution >= 4 is 5.91 Å². The lowest BCUT2D eigenvalue weighted by molar-refractivity contribution is -0.123. The maximum atomic E-state index is 11.9. The van der Waals surface area contributed by atoms with Crippen molar-refractivity contribution in [3.63, 3.8) is 0 Å². The molecule has 0 saturated carbocycles. The zero-order valence-electron chi connectivity index (χ0n) is 21.2. The number of aliphatic hydroxyl groups excluding tert-OH is 2. The van der Waals surface area contributed by atoms with Gasteiger partial charge in [-0.15, -0.1) is 0 Å². The molecule has 0 aromatic carbocycles. The van der Waals surface area contributed by atoms with Crippen molar-refractivity contribution < 1.29 is 15.0 Å². The third-order valence-corrected chi connectivity index (χ3v) is 5.94. The molecular formula is C28H53NO3. The molecule has 0 radical (unpaired) electrons. The van der Waals surface area contributed by atoms with Gasteiger partial charge in [-0.25, -0.2) is 0 Å². The standard InChI is InChI=1S/C28H53NO3/c1-3-5-7-9-10-11-12-13-14-15-16-17-18-19-20-21-23-27(31)26(25-30)29-28(32)24-22-8-6-4-2/h17-18,21,23,26-27,30-31H,3-16,19-20,22,24-25H2,1-2H3,(H,29,32)/b18-17+,23-21+. The maximum absolute atomic E-state index is 11.9. The van der Waals surface area contributed by atoms with Crippen LogP contribution in [0.1, 0.15) is 129 Å². The molecule has 0 bridgehead atoms. The predicted molar refractivity (Wildman–Crippen MR) is 138 cm³/mol. The van der Waals surface area contributed by atoms with Gasteiger partial charge in [-0.1, -0.05) is 115 Å². The van der Waals surface area contributed by atoms with Crippen LogP contribution in [0.4, 0.5) is 0 Å². The molecule has 0 aliphatic rings. The number of unbranched alkanes of at least 4 members (excludes halogenated alkanes) is 14. The molecule has 3 N–H and O–H groups in total. The first-order valence-electron chi connectivity index (χ1n) is 13.6. The molecule has 0 fully saturated rings. The molecule has 32 heavy (non-hydrogen) atoms. The van der Waals surface area contributed by atoms with Crippen LogP contribution >= 0.6 is 0 Å². The number of nitrogens with one attached hydrogen (secondary N) is 1. The van der Waals surface area contributed by atoms with Crippen LogP contribution in [-0.4, -0.2) is 34.9 Å². The molecule has 2 atom stereocenters. The van der Waals surface area contributed by atoms with Crippen molar-refractivity contribution in [2.75, 3.05) is 6.61 Å². The Labute approximate surface area is 199 Å². The van der Waals surface area contributed by atoms with Gasteiger partial charge in [0.1, 0.15) is 0 Å². The fraction of sp³-hybridized carbons (Fsp3) is 0.821. The van der Waals surface area contributed by atoms with Gasteiger partial charge in [-0.2, -0.15) is 0 Å². The molecule has 0 rings (SSSR count). The lowest BCUT2D eigenvalue weighted by Gasteiger charge is -2.19. The maximum Gasteiger partial charge on any atom is 0.220 e. The first-order chi connectivity index (χ1) is 15.7. The summed E-state index contributed by atoms with van der Waals surface area (Å²) in [6.45, 7) is 4.15. The second-order valence-electron chi connectivity index (χ2n) is 9.11. The van der Waals surface area contributed by atoms with Gasteiger partial charge in [0.15, 0.2) is 0 Å². The van der Waals surface area contributed by atoms with Gasteiger partial charge in [-0.3, -0.25) is 4.79 Å². The highest BCUT2D eigenvalue weighted by Gasteiger charge is 2.17. The molecule has 0 saturated heterocycles. The summed E-state index contributed by atoms with van der Waals surface area (Å²) in [5, 5.41) is 22.4. The fourth-order valence-corrected chi connectivity index (χ4v) is 3.78. The number of hydrogen-bond acceptors (Lipinski definition) is 3. The Morgan fingerprint density at radius 2 is 1.22 bits per heavy atom. The molecule has 0 aromatic rings. The second-order valence-corrected chi connectivity index (χ2v) is 9.11. The third-order valence-electron chi connectivity index (χ3n) is 5.94. The Morgan fingerprint density at radius 1 is 0.719 bits per heavy atom. The Kier molecular flexibility index (Phi) is 23.6. The van der Waals surface area contributed by atoms with Gasteiger partial charge in [0.05, 0.1) is 18.8 Å². The van der Waals surface area contributed by atoms with Crippen molar-refractivity contribution in [2.45, 2.75) is 142 Å². The Balaban J connectivity index is 3.69. The van der Waals surface area contributed by atoms with Crippen LogP contribution in [0.3, 0.4) is 0 Å². The molecule has 0 aromatic heterocycles. The molecule has 188 valence electrons. The van der Waals surface area contributed by atoms with Gasteiger partial charge in [-0.05, 0) is 32.1 Å². The van der Waals surface area contributed by atoms with E-state index in [1.54, 1.807) is 6.08 Å². The van der Waals surface area contributed by atoms with Crippen molar-refractivity contribution in [1.82, 2.24) is 5.32 Å². The molecular weight excluding hydrogens is 398 g/mol. The van der Waals surface area contributed by atoms with E-state index in [1.807, 2.05) is 6.08 Å². The molecule has 0 aliphatic heterocycles. The highest BCUT2D eigenvalue weighted by molar-refractivity contribution is 5.76. The van der Waals surface area contributed by atoms with Crippen molar-refractivity contribution in [3.8, 4) is 0 Å². The molecule has 2 unspecified atom stereocenters. The van der Waals surface area contributed by atoms with Crippen LogP contribution in [-0.2, 0) is 4.79 Å². The van der Waals surface area contributed by atoms with Gasteiger partial charge < -0.3 is 15.5 Å². The lowest BCUT2D eigenvalue weighted by atomic mass is 10.1. The summed E-state index contributed by atoms with van der Waals surface area (Å²) < 4.78 is 0. The Morgan fingerprint density at radius 3 is 1.81 bits per heavy atom. The van der Waals surface area contributed by atoms with E-state index in [2.05, 4.69) is 31.3 Å². The van der Waals surface area contributed by atoms with Crippen LogP contribution in [0.5, 0.6) is 0 Å². The van der Waals surface area contributed by atoms with E-state index < -0.39 is 12.1 Å². The number of amides is 1. The highest BCUT2D eigenvalue weighted by atomic mass is 16.3. The summed E-state index contributed by atoms with van der Waals surface area (Å²) in [6.07, 6.45) is 28.6. The number of carbonyl (C=O) groups is 1. The molecule has 0 heterocycles. The zero-order valence-corrected chi connectivity index (χ0v) is 21.2. The van der Waals surface area contributed by atoms with E-state index in [0.29, 0.717) is 6.42 Å². The normalized spacial score (nSPS) is 13.8. The smallest absolute Gasteiger partial charge is 0.220 e. The van der Waals surface area contributed by atoms with E-state index in [9.17, 15) is 15.0 Å². The zero-order chi connectivity index (χ0) is 23.7. The summed E-state index contributed by atoms with van der Waals surface area (Å²) in [7, 11) is 0. The highest BCUT2D eigenvalue weighted by Crippen LogP contribution is 2.11. The van der Waals surface area contributed by atoms with Crippen LogP contribution in [0.25, 0.3) is 0 Å². The average molecular weight is 452 g/mol. The lowest BCUT2D eigenvalue weighted by Crippen LogP contribution is -2.45. The van der Waals surface area contributed by atoms with Gasteiger partial charge >= 0.3 is 0 Å². The monoisotopic (exact) mass is 451 g/mol. The quantitative estimate of drug-likeness (QED) is 0.116. The number of carbonyl (C=O) groups excluding carboxylic acids is 1. The summed E-state index contributed by atoms with van der Waals surface area (Å²) in [5.74, 6) is -0.0949. The topological polar surface area (TPSA) is 69.6 Å². The van der Waals surface area contributed by atoms with Crippen molar-refractivity contribution in [1.29, 1.82) is 0 Å². The summed E-state index contributed by atoms with van der Waals surface area (Å²) in [6, 6.07) is -0.628. The average Bonchev–Trinajstić information content (AvgIpc) is 2.79. The van der Waals surface area contributed by atoms with E-state index in [-0.39, 0.29) is 12.5 Å². The van der Waals surface area contributed by atoms with Crippen LogP contribution < -0.4 is 5.32 Å². The third kappa shape index (κ3) is 20.8. The van der Waals surface area contributed by atoms with E-state index in [4.69, 9.17) is 0 Å². The first-order valence-corrected chi connectivity index (χ1v) is 13.6. The largest absolute Gasteiger partial charge is 0.394 e. The summed E-state index contributed by atoms with van der Waals surface area (Å²) >= 11 is 0. The minimum Gasteiger partial charge on any atom is -0.394 e. The number of aliphatic hydroxyl groups is 2. The number of allylic oxidation sites excluding steroid dienone is 3. The minimum absolute atomic E-state index is 0.0949. The van der Waals surface area contributed by atoms with Gasteiger partial charge in [0.2, 0.25) is 5.91 Å². The molecule has 4 heteroatoms. The summed E-state index contributed by atoms with van der Waals surface area (Å²) in [5.41, 5.74) is 0. The first kappa shape index (κ1) is 30.9. The van der Waals surface area contributed by atoms with Gasteiger partial charge in [0, 0.05) is 6.42 Å². The molecule has 1 amide bonds. The molecule has 4 nitrogen and oxygen atoms in total.